The fourth-order valence-corrected chi connectivity index (χ4v) is 4.91. The molecule has 0 saturated heterocycles. The number of anilines is 1. The number of rotatable bonds is 8. The normalized spacial score (nSPS) is 15.0. The van der Waals surface area contributed by atoms with Crippen LogP contribution < -0.4 is 14.4 Å². The van der Waals surface area contributed by atoms with Crippen molar-refractivity contribution in [2.45, 2.75) is 18.4 Å². The maximum Gasteiger partial charge on any atom is 0.340 e. The third-order valence-electron chi connectivity index (χ3n) is 5.65. The van der Waals surface area contributed by atoms with Crippen molar-refractivity contribution < 1.29 is 31.9 Å². The van der Waals surface area contributed by atoms with Crippen molar-refractivity contribution in [3.8, 4) is 5.75 Å². The summed E-state index contributed by atoms with van der Waals surface area (Å²) in [5.41, 5.74) is 1.13. The molecule has 0 radical (unpaired) electrons. The van der Waals surface area contributed by atoms with E-state index in [-0.39, 0.29) is 28.3 Å². The number of benzene rings is 2. The Morgan fingerprint density at radius 1 is 1.05 bits per heavy atom. The minimum Gasteiger partial charge on any atom is -0.497 e. The van der Waals surface area contributed by atoms with E-state index in [1.807, 2.05) is 0 Å². The summed E-state index contributed by atoms with van der Waals surface area (Å²) >= 11 is 5.82. The number of esters is 1. The Labute approximate surface area is 219 Å². The number of halogens is 1. The van der Waals surface area contributed by atoms with Gasteiger partial charge in [-0.25, -0.2) is 17.9 Å². The number of sulfonamides is 1. The number of amides is 1. The van der Waals surface area contributed by atoms with Crippen LogP contribution in [0.2, 0.25) is 5.02 Å². The van der Waals surface area contributed by atoms with Crippen LogP contribution in [0.15, 0.2) is 86.8 Å². The van der Waals surface area contributed by atoms with Gasteiger partial charge in [0.15, 0.2) is 0 Å². The molecule has 11 heteroatoms. The Bertz CT molecular complexity index is 1500. The van der Waals surface area contributed by atoms with Gasteiger partial charge in [0.1, 0.15) is 17.3 Å². The average molecular weight is 543 g/mol. The molecular formula is C26H23ClN2O7S. The topological polar surface area (TPSA) is 115 Å². The molecule has 1 N–H and O–H groups in total. The molecule has 0 aliphatic carbocycles. The van der Waals surface area contributed by atoms with Gasteiger partial charge >= 0.3 is 5.97 Å². The summed E-state index contributed by atoms with van der Waals surface area (Å²) in [5.74, 6) is 0.0767. The third kappa shape index (κ3) is 5.46. The molecule has 0 unspecified atom stereocenters. The summed E-state index contributed by atoms with van der Waals surface area (Å²) in [6.07, 6.45) is 1.43. The maximum atomic E-state index is 13.4. The van der Waals surface area contributed by atoms with Gasteiger partial charge in [-0.1, -0.05) is 11.6 Å². The van der Waals surface area contributed by atoms with Crippen molar-refractivity contribution in [2.24, 2.45) is 0 Å². The highest BCUT2D eigenvalue weighted by molar-refractivity contribution is 7.89. The highest BCUT2D eigenvalue weighted by Gasteiger charge is 2.38. The molecule has 1 aliphatic heterocycles. The molecule has 9 nitrogen and oxygen atoms in total. The Balaban J connectivity index is 1.59. The number of furan rings is 1. The van der Waals surface area contributed by atoms with Crippen LogP contribution >= 0.6 is 11.6 Å². The molecule has 37 heavy (non-hydrogen) atoms. The molecule has 1 aromatic heterocycles. The molecule has 0 spiro atoms. The molecule has 1 amide bonds. The van der Waals surface area contributed by atoms with Gasteiger partial charge in [0, 0.05) is 16.4 Å². The minimum absolute atomic E-state index is 0.0595. The smallest absolute Gasteiger partial charge is 0.340 e. The lowest BCUT2D eigenvalue weighted by Gasteiger charge is -2.18. The van der Waals surface area contributed by atoms with E-state index in [0.29, 0.717) is 27.9 Å². The number of carbonyl (C=O) groups excluding carboxylic acids is 2. The van der Waals surface area contributed by atoms with Gasteiger partial charge in [-0.2, -0.15) is 0 Å². The first-order valence-electron chi connectivity index (χ1n) is 11.0. The zero-order chi connectivity index (χ0) is 26.7. The first-order chi connectivity index (χ1) is 17.6. The van der Waals surface area contributed by atoms with E-state index in [4.69, 9.17) is 25.5 Å². The molecule has 0 bridgehead atoms. The second-order valence-corrected chi connectivity index (χ2v) is 10.1. The summed E-state index contributed by atoms with van der Waals surface area (Å²) in [5, 5.41) is 0.422. The van der Waals surface area contributed by atoms with Crippen molar-refractivity contribution in [3.63, 3.8) is 0 Å². The lowest BCUT2D eigenvalue weighted by molar-refractivity contribution is -0.136. The summed E-state index contributed by atoms with van der Waals surface area (Å²) in [6, 6.07) is 15.7. The standard InChI is InChI=1S/C26H23ClN2O7S/c1-16-24(26(31)35-3)23(25(30)29(16)18-6-8-19(34-2)9-7-18)14-20-10-11-21(36-20)15-28-37(32,33)22-12-4-17(27)5-13-22/h4-14,28H,15H2,1-3H3/b23-14+. The molecule has 0 saturated carbocycles. The molecular weight excluding hydrogens is 520 g/mol. The van der Waals surface area contributed by atoms with E-state index in [0.717, 1.165) is 0 Å². The van der Waals surface area contributed by atoms with E-state index >= 15 is 0 Å². The van der Waals surface area contributed by atoms with Gasteiger partial charge in [0.25, 0.3) is 5.91 Å². The Hall–Kier alpha value is -3.86. The van der Waals surface area contributed by atoms with E-state index in [1.54, 1.807) is 43.3 Å². The Morgan fingerprint density at radius 2 is 1.73 bits per heavy atom. The molecule has 3 aromatic rings. The minimum atomic E-state index is -3.79. The second-order valence-electron chi connectivity index (χ2n) is 7.93. The monoisotopic (exact) mass is 542 g/mol. The fraction of sp³-hybridized carbons (Fsp3) is 0.154. The number of nitrogens with one attached hydrogen (secondary N) is 1. The van der Waals surface area contributed by atoms with Crippen LogP contribution in [0, 0.1) is 0 Å². The number of hydrogen-bond donors (Lipinski definition) is 1. The molecule has 2 aromatic carbocycles. The van der Waals surface area contributed by atoms with Crippen LogP contribution in [0.4, 0.5) is 5.69 Å². The van der Waals surface area contributed by atoms with E-state index < -0.39 is 21.9 Å². The van der Waals surface area contributed by atoms with Crippen LogP contribution in [0.25, 0.3) is 6.08 Å². The van der Waals surface area contributed by atoms with Crippen LogP contribution in [-0.2, 0) is 30.9 Å². The predicted octanol–water partition coefficient (Wildman–Crippen LogP) is 4.30. The molecule has 4 rings (SSSR count). The first-order valence-corrected chi connectivity index (χ1v) is 12.8. The number of allylic oxidation sites excluding steroid dienone is 1. The van der Waals surface area contributed by atoms with Crippen molar-refractivity contribution in [1.29, 1.82) is 0 Å². The zero-order valence-electron chi connectivity index (χ0n) is 20.1. The zero-order valence-corrected chi connectivity index (χ0v) is 21.7. The van der Waals surface area contributed by atoms with Gasteiger partial charge in [-0.3, -0.25) is 9.69 Å². The predicted molar refractivity (Wildman–Crippen MR) is 137 cm³/mol. The van der Waals surface area contributed by atoms with Crippen molar-refractivity contribution in [3.05, 3.63) is 94.1 Å². The summed E-state index contributed by atoms with van der Waals surface area (Å²) in [4.78, 5) is 27.4. The average Bonchev–Trinajstić information content (AvgIpc) is 3.44. The summed E-state index contributed by atoms with van der Waals surface area (Å²) in [7, 11) is -1.02. The second kappa shape index (κ2) is 10.6. The number of hydrogen-bond acceptors (Lipinski definition) is 7. The molecule has 1 aliphatic rings. The van der Waals surface area contributed by atoms with Gasteiger partial charge < -0.3 is 13.9 Å². The molecule has 192 valence electrons. The Kier molecular flexibility index (Phi) is 7.53. The van der Waals surface area contributed by atoms with Gasteiger partial charge in [-0.05, 0) is 73.7 Å². The largest absolute Gasteiger partial charge is 0.497 e. The summed E-state index contributed by atoms with van der Waals surface area (Å²) < 4.78 is 43.3. The summed E-state index contributed by atoms with van der Waals surface area (Å²) in [6.45, 7) is 1.52. The number of methoxy groups -OCH3 is 2. The maximum absolute atomic E-state index is 13.4. The Morgan fingerprint density at radius 3 is 2.35 bits per heavy atom. The molecule has 2 heterocycles. The first kappa shape index (κ1) is 26.2. The van der Waals surface area contributed by atoms with Crippen molar-refractivity contribution in [2.75, 3.05) is 19.1 Å². The highest BCUT2D eigenvalue weighted by atomic mass is 35.5. The van der Waals surface area contributed by atoms with E-state index in [2.05, 4.69) is 4.72 Å². The lowest BCUT2D eigenvalue weighted by Crippen LogP contribution is -2.24. The quantitative estimate of drug-likeness (QED) is 0.333. The lowest BCUT2D eigenvalue weighted by atomic mass is 10.1. The number of ether oxygens (including phenoxy) is 2. The van der Waals surface area contributed by atoms with Crippen LogP contribution in [0.3, 0.4) is 0 Å². The van der Waals surface area contributed by atoms with E-state index in [1.165, 1.54) is 49.5 Å². The van der Waals surface area contributed by atoms with Crippen LogP contribution in [-0.4, -0.2) is 34.5 Å². The van der Waals surface area contributed by atoms with Crippen LogP contribution in [0.5, 0.6) is 5.75 Å². The third-order valence-corrected chi connectivity index (χ3v) is 7.32. The van der Waals surface area contributed by atoms with Gasteiger partial charge in [0.05, 0.1) is 36.8 Å². The highest BCUT2D eigenvalue weighted by Crippen LogP contribution is 2.36. The number of carbonyl (C=O) groups is 2. The fourth-order valence-electron chi connectivity index (χ4n) is 3.79. The van der Waals surface area contributed by atoms with Crippen LogP contribution in [0.1, 0.15) is 18.4 Å². The molecule has 0 atom stereocenters. The molecule has 0 fully saturated rings. The SMILES string of the molecule is COC(=O)C1=C(C)N(c2ccc(OC)cc2)C(=O)/C1=C/c1ccc(CNS(=O)(=O)c2ccc(Cl)cc2)o1. The number of nitrogens with zero attached hydrogens (tertiary/aromatic N) is 1. The van der Waals surface area contributed by atoms with Crippen molar-refractivity contribution in [1.82, 2.24) is 4.72 Å². The van der Waals surface area contributed by atoms with Crippen molar-refractivity contribution >= 4 is 45.3 Å². The van der Waals surface area contributed by atoms with Gasteiger partial charge in [-0.15, -0.1) is 0 Å². The van der Waals surface area contributed by atoms with Gasteiger partial charge in [0.2, 0.25) is 10.0 Å². The van der Waals surface area contributed by atoms with E-state index in [9.17, 15) is 18.0 Å².